The highest BCUT2D eigenvalue weighted by atomic mass is 13.4. The molecule has 0 nitrogen and oxygen atoms in total. The van der Waals surface area contributed by atoms with Gasteiger partial charge in [0.25, 0.3) is 0 Å². The first-order valence-electron chi connectivity index (χ1n) is 17.7. The van der Waals surface area contributed by atoms with E-state index in [0.717, 1.165) is 0 Å². The molecular weight excluding hydrogens is 584 g/mol. The van der Waals surface area contributed by atoms with E-state index in [1.54, 1.807) is 0 Å². The van der Waals surface area contributed by atoms with E-state index in [9.17, 15) is 0 Å². The van der Waals surface area contributed by atoms with Crippen molar-refractivity contribution < 1.29 is 0 Å². The lowest BCUT2D eigenvalue weighted by molar-refractivity contribution is 3.18. The molecule has 0 heterocycles. The highest BCUT2D eigenvalue weighted by Gasteiger charge is 2.60. The molecule has 0 aromatic rings. The lowest BCUT2D eigenvalue weighted by Gasteiger charge is -2.60. The fourth-order valence-corrected chi connectivity index (χ4v) is 9.24. The minimum absolute atomic E-state index is 1.24. The van der Waals surface area contributed by atoms with Crippen LogP contribution in [-0.2, 0) is 0 Å². The fraction of sp³-hybridized carbons (Fsp3) is 0. The van der Waals surface area contributed by atoms with Gasteiger partial charge in [-0.3, -0.25) is 0 Å². The van der Waals surface area contributed by atoms with Gasteiger partial charge in [0.2, 0.25) is 0 Å². The van der Waals surface area contributed by atoms with Gasteiger partial charge >= 0.3 is 0 Å². The molecule has 58 radical (unpaired) electrons. The van der Waals surface area contributed by atoms with E-state index in [0.29, 0.717) is 0 Å². The molecule has 0 aliphatic carbocycles. The summed E-state index contributed by atoms with van der Waals surface area (Å²) >= 11 is 0. The Balaban J connectivity index is 9.98. The summed E-state index contributed by atoms with van der Waals surface area (Å²) < 4.78 is 0. The zero-order valence-corrected chi connectivity index (χ0v) is 31.2. The van der Waals surface area contributed by atoms with Gasteiger partial charge in [-0.15, -0.1) is 0 Å². The second-order valence-corrected chi connectivity index (χ2v) is 15.0. The highest BCUT2D eigenvalue weighted by Crippen LogP contribution is 2.23. The molecule has 0 aliphatic heterocycles. The largest absolute Gasteiger partial charge is 0.729 e. The second kappa shape index (κ2) is 26.2. The SMILES string of the molecule is [B]B([B])B(B([B])[B])B(B(B([B])[B])B([B])[B])B(B(B(B([B])[B])B([B])[B])B(B([B])[B])B([B])[B])B(B(B([B])[B])B([B])[B])B(B(B([B])[B])B([B])[B])B(B([B])[B])B([B-])[B-]. The molecule has 0 unspecified atom stereocenters. The Labute approximate surface area is 379 Å². The van der Waals surface area contributed by atoms with Crippen LogP contribution in [0.2, 0.25) is 0 Å². The Bertz CT molecular complexity index is 793. The van der Waals surface area contributed by atoms with Crippen molar-refractivity contribution in [3.05, 3.63) is 0 Å². The van der Waals surface area contributed by atoms with E-state index in [4.69, 9.17) is 217 Å². The maximum Gasteiger partial charge on any atom is -0.000000000000000141 e. The van der Waals surface area contributed by atoms with Gasteiger partial charge < -0.3 is 21.9 Å². The molecule has 54 heteroatoms. The Morgan fingerprint density at radius 1 is 0.148 bits per heavy atom. The lowest BCUT2D eigenvalue weighted by Crippen LogP contribution is -2.96. The standard InChI is InChI=1S/B54/c1-29(2)43(30(3)4)50(44(31(5)6)32(7)8)53(49(41(25)26)42(27)28)54(51(45(33(9)10)34(11)12)46(35(13)14)36(15)16)52(47(37(17)18)38(19)20)48(39(21)22)40(23)24/q-2. The van der Waals surface area contributed by atoms with Crippen LogP contribution in [0.25, 0.3) is 0 Å². The maximum absolute atomic E-state index is 6.57. The van der Waals surface area contributed by atoms with Crippen LogP contribution in [0.3, 0.4) is 0 Å². The molecule has 0 aromatic heterocycles. The van der Waals surface area contributed by atoms with Crippen LogP contribution in [-0.4, -0.2) is 383 Å². The van der Waals surface area contributed by atoms with Crippen LogP contribution in [0.1, 0.15) is 0 Å². The summed E-state index contributed by atoms with van der Waals surface area (Å²) in [5.74, 6) is 0. The monoisotopic (exact) mass is 595 g/mol. The number of hydrogen-bond donors (Lipinski definition) is 0. The molecule has 0 saturated heterocycles. The fourth-order valence-electron chi connectivity index (χ4n) is 9.24. The molecule has 0 atom stereocenters. The average Bonchev–Trinajstić information content (AvgIpc) is 2.93. The molecule has 0 aliphatic rings. The molecular formula is B54-2. The van der Waals surface area contributed by atoms with Crippen LogP contribution >= 0.6 is 0 Å². The van der Waals surface area contributed by atoms with Crippen LogP contribution in [0, 0.1) is 0 Å². The molecule has 0 saturated carbocycles. The van der Waals surface area contributed by atoms with E-state index in [1.165, 1.54) is 0 Å². The molecule has 0 bridgehead atoms. The van der Waals surface area contributed by atoms with Gasteiger partial charge in [-0.25, -0.2) is 0 Å². The quantitative estimate of drug-likeness (QED) is 0.0938. The minimum Gasteiger partial charge on any atom is -0.729 e. The van der Waals surface area contributed by atoms with Gasteiger partial charge in [0.15, 0.2) is 0 Å². The smallest absolute Gasteiger partial charge is 0.000000000000000141 e. The first kappa shape index (κ1) is 57.5. The first-order chi connectivity index (χ1) is 24.5. The van der Waals surface area contributed by atoms with Crippen molar-refractivity contribution in [1.29, 1.82) is 0 Å². The average molecular weight is 584 g/mol. The van der Waals surface area contributed by atoms with E-state index in [-0.39, 0.29) is 0 Å². The summed E-state index contributed by atoms with van der Waals surface area (Å²) in [5.41, 5.74) is 0. The normalized spacial score (nSPS) is 9.74. The van der Waals surface area contributed by atoms with E-state index >= 15 is 0 Å². The third-order valence-corrected chi connectivity index (χ3v) is 11.1. The van der Waals surface area contributed by atoms with Gasteiger partial charge in [0.05, 0.1) is 0 Å². The number of rotatable bonds is 25. The summed E-state index contributed by atoms with van der Waals surface area (Å²) in [7, 11) is 182. The molecule has 0 rings (SSSR count). The molecule has 0 fully saturated rings. The van der Waals surface area contributed by atoms with Crippen molar-refractivity contribution in [3.8, 4) is 0 Å². The van der Waals surface area contributed by atoms with Gasteiger partial charge in [-0.2, -0.15) is 0 Å². The van der Waals surface area contributed by atoms with Gasteiger partial charge in [0.1, 0.15) is 0 Å². The third kappa shape index (κ3) is 15.4. The Morgan fingerprint density at radius 3 is 0.352 bits per heavy atom. The zero-order valence-electron chi connectivity index (χ0n) is 31.2. The van der Waals surface area contributed by atoms with E-state index < -0.39 is 166 Å². The zero-order chi connectivity index (χ0) is 43.0. The van der Waals surface area contributed by atoms with Crippen molar-refractivity contribution in [2.24, 2.45) is 0 Å². The van der Waals surface area contributed by atoms with Crippen molar-refractivity contribution >= 4 is 383 Å². The van der Waals surface area contributed by atoms with E-state index in [2.05, 4.69) is 0 Å². The van der Waals surface area contributed by atoms with Gasteiger partial charge in [0, 0.05) is 0 Å². The molecule has 0 amide bonds. The van der Waals surface area contributed by atoms with Crippen LogP contribution in [0.5, 0.6) is 0 Å². The lowest BCUT2D eigenvalue weighted by atomic mass is 8.24. The first-order valence-corrected chi connectivity index (χ1v) is 17.7. The molecule has 164 valence electrons. The topological polar surface area (TPSA) is 0 Å². The summed E-state index contributed by atoms with van der Waals surface area (Å²) in [4.78, 5) is 0. The Morgan fingerprint density at radius 2 is 0.241 bits per heavy atom. The van der Waals surface area contributed by atoms with Crippen molar-refractivity contribution in [3.63, 3.8) is 0 Å². The highest BCUT2D eigenvalue weighted by molar-refractivity contribution is 8.36. The number of hydrogen-bond acceptors (Lipinski definition) is 0. The summed E-state index contributed by atoms with van der Waals surface area (Å²) in [6.07, 6.45) is -35.1. The van der Waals surface area contributed by atoms with Crippen LogP contribution in [0.4, 0.5) is 0 Å². The van der Waals surface area contributed by atoms with Crippen molar-refractivity contribution in [2.75, 3.05) is 0 Å². The predicted octanol–water partition coefficient (Wildman–Crippen LogP) is -20.6. The molecule has 0 N–H and O–H groups in total. The van der Waals surface area contributed by atoms with Crippen molar-refractivity contribution in [2.45, 2.75) is 0 Å². The van der Waals surface area contributed by atoms with Crippen molar-refractivity contribution in [1.82, 2.24) is 0 Å². The van der Waals surface area contributed by atoms with Crippen LogP contribution in [0.15, 0.2) is 0 Å². The minimum atomic E-state index is -1.44. The summed E-state index contributed by atoms with van der Waals surface area (Å²) in [5, 5.41) is 0. The Kier molecular flexibility index (Phi) is 27.9. The third-order valence-electron chi connectivity index (χ3n) is 11.1. The van der Waals surface area contributed by atoms with Crippen LogP contribution < -0.4 is 0 Å². The second-order valence-electron chi connectivity index (χ2n) is 15.0. The van der Waals surface area contributed by atoms with E-state index in [1.807, 2.05) is 0 Å². The maximum atomic E-state index is 6.57. The van der Waals surface area contributed by atoms with Gasteiger partial charge in [-0.1, -0.05) is 6.39 Å². The van der Waals surface area contributed by atoms with Gasteiger partial charge in [-0.05, 0) is 354 Å². The summed E-state index contributed by atoms with van der Waals surface area (Å²) in [6, 6.07) is 0. The Hall–Kier alpha value is 3.51. The summed E-state index contributed by atoms with van der Waals surface area (Å²) in [6.45, 7) is 0. The molecule has 54 heavy (non-hydrogen) atoms. The molecule has 0 aromatic carbocycles. The molecule has 0 spiro atoms. The predicted molar refractivity (Wildman–Crippen MR) is 311 cm³/mol.